The largest absolute Gasteiger partial charge is 0.322 e. The van der Waals surface area contributed by atoms with Crippen molar-refractivity contribution in [2.24, 2.45) is 0 Å². The first-order chi connectivity index (χ1) is 9.80. The monoisotopic (exact) mass is 425 g/mol. The van der Waals surface area contributed by atoms with Crippen LogP contribution in [-0.4, -0.2) is 5.91 Å². The van der Waals surface area contributed by atoms with Crippen molar-refractivity contribution in [2.75, 3.05) is 5.32 Å². The lowest BCUT2D eigenvalue weighted by molar-refractivity contribution is 0.102. The molecule has 1 amide bonds. The summed E-state index contributed by atoms with van der Waals surface area (Å²) in [5.74, 6) is -0.0951. The van der Waals surface area contributed by atoms with Gasteiger partial charge in [-0.25, -0.2) is 0 Å². The van der Waals surface area contributed by atoms with Gasteiger partial charge in [-0.1, -0.05) is 51.1 Å². The van der Waals surface area contributed by atoms with Gasteiger partial charge in [-0.3, -0.25) is 4.79 Å². The first-order valence-electron chi connectivity index (χ1n) is 6.96. The van der Waals surface area contributed by atoms with Crippen LogP contribution in [0.1, 0.15) is 42.3 Å². The van der Waals surface area contributed by atoms with E-state index in [1.54, 1.807) is 0 Å². The summed E-state index contributed by atoms with van der Waals surface area (Å²) >= 11 is 3.49. The van der Waals surface area contributed by atoms with Gasteiger partial charge in [0.05, 0.1) is 5.56 Å². The lowest BCUT2D eigenvalue weighted by Crippen LogP contribution is -2.19. The van der Waals surface area contributed by atoms with E-state index < -0.39 is 0 Å². The van der Waals surface area contributed by atoms with Crippen LogP contribution in [0.4, 0.5) is 5.69 Å². The number of aryl methyl sites for hydroxylation is 1. The molecule has 2 rings (SSSR count). The number of amides is 1. The summed E-state index contributed by atoms with van der Waals surface area (Å²) in [4.78, 5) is 12.5. The SMILES string of the molecule is Br.Cc1cccc(C(=O)Nc2ccccc2C(C)(C)C)c1Br. The Hall–Kier alpha value is -1.13. The average molecular weight is 427 g/mol. The van der Waals surface area contributed by atoms with Crippen LogP contribution in [0.2, 0.25) is 0 Å². The molecular formula is C18H21Br2NO. The maximum Gasteiger partial charge on any atom is 0.256 e. The van der Waals surface area contributed by atoms with Crippen LogP contribution in [0.15, 0.2) is 46.9 Å². The van der Waals surface area contributed by atoms with E-state index in [2.05, 4.69) is 48.1 Å². The van der Waals surface area contributed by atoms with Crippen LogP contribution in [0.5, 0.6) is 0 Å². The molecule has 22 heavy (non-hydrogen) atoms. The normalized spacial score (nSPS) is 10.8. The van der Waals surface area contributed by atoms with Crippen molar-refractivity contribution in [3.63, 3.8) is 0 Å². The van der Waals surface area contributed by atoms with Crippen molar-refractivity contribution in [1.82, 2.24) is 0 Å². The van der Waals surface area contributed by atoms with Crippen molar-refractivity contribution in [3.8, 4) is 0 Å². The van der Waals surface area contributed by atoms with Gasteiger partial charge in [0.2, 0.25) is 0 Å². The number of carbonyl (C=O) groups is 1. The van der Waals surface area contributed by atoms with E-state index in [-0.39, 0.29) is 28.3 Å². The zero-order valence-corrected chi connectivity index (χ0v) is 16.5. The number of carbonyl (C=O) groups excluding carboxylic acids is 1. The Morgan fingerprint density at radius 3 is 2.32 bits per heavy atom. The summed E-state index contributed by atoms with van der Waals surface area (Å²) in [6.07, 6.45) is 0. The molecule has 0 fully saturated rings. The van der Waals surface area contributed by atoms with E-state index in [0.29, 0.717) is 5.56 Å². The maximum absolute atomic E-state index is 12.5. The second kappa shape index (κ2) is 7.42. The van der Waals surface area contributed by atoms with Crippen molar-refractivity contribution in [2.45, 2.75) is 33.1 Å². The van der Waals surface area contributed by atoms with Crippen LogP contribution in [0.3, 0.4) is 0 Å². The van der Waals surface area contributed by atoms with Crippen LogP contribution < -0.4 is 5.32 Å². The van der Waals surface area contributed by atoms with Crippen molar-refractivity contribution >= 4 is 44.5 Å². The van der Waals surface area contributed by atoms with E-state index in [4.69, 9.17) is 0 Å². The highest BCUT2D eigenvalue weighted by atomic mass is 79.9. The van der Waals surface area contributed by atoms with Crippen LogP contribution in [0, 0.1) is 6.92 Å². The quantitative estimate of drug-likeness (QED) is 0.637. The number of hydrogen-bond acceptors (Lipinski definition) is 1. The van der Waals surface area contributed by atoms with Gasteiger partial charge < -0.3 is 5.32 Å². The summed E-state index contributed by atoms with van der Waals surface area (Å²) in [5, 5.41) is 3.03. The van der Waals surface area contributed by atoms with Gasteiger partial charge in [0.15, 0.2) is 0 Å². The molecule has 0 heterocycles. The van der Waals surface area contributed by atoms with Gasteiger partial charge in [0, 0.05) is 10.2 Å². The van der Waals surface area contributed by atoms with Crippen molar-refractivity contribution < 1.29 is 4.79 Å². The van der Waals surface area contributed by atoms with Crippen molar-refractivity contribution in [3.05, 3.63) is 63.6 Å². The standard InChI is InChI=1S/C18H20BrNO.BrH/c1-12-8-7-9-13(16(12)19)17(21)20-15-11-6-5-10-14(15)18(2,3)4;/h5-11H,1-4H3,(H,20,21);1H. The third-order valence-corrected chi connectivity index (χ3v) is 4.47. The fourth-order valence-corrected chi connectivity index (χ4v) is 2.70. The van der Waals surface area contributed by atoms with Gasteiger partial charge >= 0.3 is 0 Å². The Kier molecular flexibility index (Phi) is 6.38. The molecule has 0 spiro atoms. The molecule has 2 aromatic carbocycles. The third kappa shape index (κ3) is 4.20. The molecule has 0 aliphatic heterocycles. The van der Waals surface area contributed by atoms with E-state index in [0.717, 1.165) is 21.3 Å². The van der Waals surface area contributed by atoms with Crippen LogP contribution in [0.25, 0.3) is 0 Å². The predicted octanol–water partition coefficient (Wildman–Crippen LogP) is 5.89. The number of anilines is 1. The van der Waals surface area contributed by atoms with Crippen LogP contribution in [-0.2, 0) is 5.41 Å². The number of halogens is 2. The first kappa shape index (κ1) is 18.9. The molecule has 0 bridgehead atoms. The molecule has 1 N–H and O–H groups in total. The number of rotatable bonds is 2. The topological polar surface area (TPSA) is 29.1 Å². The van der Waals surface area contributed by atoms with Gasteiger partial charge in [-0.15, -0.1) is 17.0 Å². The molecule has 0 aliphatic rings. The van der Waals surface area contributed by atoms with Crippen molar-refractivity contribution in [1.29, 1.82) is 0 Å². The smallest absolute Gasteiger partial charge is 0.256 e. The maximum atomic E-state index is 12.5. The second-order valence-corrected chi connectivity index (χ2v) is 6.98. The fourth-order valence-electron chi connectivity index (χ4n) is 2.26. The molecule has 0 radical (unpaired) electrons. The average Bonchev–Trinajstić information content (AvgIpc) is 2.41. The van der Waals surface area contributed by atoms with Gasteiger partial charge in [0.1, 0.15) is 0 Å². The fraction of sp³-hybridized carbons (Fsp3) is 0.278. The third-order valence-electron chi connectivity index (χ3n) is 3.42. The predicted molar refractivity (Wildman–Crippen MR) is 102 cm³/mol. The summed E-state index contributed by atoms with van der Waals surface area (Å²) in [7, 11) is 0. The van der Waals surface area contributed by atoms with Gasteiger partial charge in [-0.2, -0.15) is 0 Å². The Morgan fingerprint density at radius 1 is 1.05 bits per heavy atom. The second-order valence-electron chi connectivity index (χ2n) is 6.19. The Morgan fingerprint density at radius 2 is 1.68 bits per heavy atom. The molecule has 2 aromatic rings. The highest BCUT2D eigenvalue weighted by Crippen LogP contribution is 2.30. The lowest BCUT2D eigenvalue weighted by atomic mass is 9.86. The molecule has 0 aromatic heterocycles. The minimum atomic E-state index is -0.0951. The number of para-hydroxylation sites is 1. The van der Waals surface area contributed by atoms with Gasteiger partial charge in [0.25, 0.3) is 5.91 Å². The van der Waals surface area contributed by atoms with E-state index in [9.17, 15) is 4.79 Å². The summed E-state index contributed by atoms with van der Waals surface area (Å²) in [5.41, 5.74) is 3.67. The number of hydrogen-bond donors (Lipinski definition) is 1. The first-order valence-corrected chi connectivity index (χ1v) is 7.76. The number of nitrogens with one attached hydrogen (secondary N) is 1. The zero-order chi connectivity index (χ0) is 15.6. The lowest BCUT2D eigenvalue weighted by Gasteiger charge is -2.23. The highest BCUT2D eigenvalue weighted by molar-refractivity contribution is 9.10. The molecular weight excluding hydrogens is 406 g/mol. The van der Waals surface area contributed by atoms with E-state index >= 15 is 0 Å². The molecule has 2 nitrogen and oxygen atoms in total. The minimum Gasteiger partial charge on any atom is -0.322 e. The van der Waals surface area contributed by atoms with E-state index in [1.807, 2.05) is 43.3 Å². The number of benzene rings is 2. The minimum absolute atomic E-state index is 0. The molecule has 0 saturated heterocycles. The molecule has 4 heteroatoms. The summed E-state index contributed by atoms with van der Waals surface area (Å²) in [6, 6.07) is 13.6. The Bertz CT molecular complexity index is 675. The van der Waals surface area contributed by atoms with Gasteiger partial charge in [-0.05, 0) is 51.5 Å². The zero-order valence-electron chi connectivity index (χ0n) is 13.2. The molecule has 118 valence electrons. The summed E-state index contributed by atoms with van der Waals surface area (Å²) in [6.45, 7) is 8.39. The Labute approximate surface area is 151 Å². The Balaban J connectivity index is 0.00000242. The molecule has 0 atom stereocenters. The summed E-state index contributed by atoms with van der Waals surface area (Å²) < 4.78 is 0.843. The highest BCUT2D eigenvalue weighted by Gasteiger charge is 2.19. The van der Waals surface area contributed by atoms with Crippen LogP contribution >= 0.6 is 32.9 Å². The molecule has 0 aliphatic carbocycles. The molecule has 0 unspecified atom stereocenters. The molecule has 0 saturated carbocycles. The van der Waals surface area contributed by atoms with E-state index in [1.165, 1.54) is 0 Å².